The van der Waals surface area contributed by atoms with Crippen molar-refractivity contribution in [1.29, 1.82) is 0 Å². The van der Waals surface area contributed by atoms with Gasteiger partial charge in [-0.05, 0) is 24.3 Å². The van der Waals surface area contributed by atoms with Crippen molar-refractivity contribution < 1.29 is 9.59 Å². The van der Waals surface area contributed by atoms with Crippen LogP contribution in [-0.2, 0) is 9.59 Å². The topological polar surface area (TPSA) is 49.4 Å². The molecule has 21 heavy (non-hydrogen) atoms. The highest BCUT2D eigenvalue weighted by Crippen LogP contribution is 2.26. The molecule has 0 unspecified atom stereocenters. The second kappa shape index (κ2) is 7.59. The Morgan fingerprint density at radius 1 is 1.38 bits per heavy atom. The Bertz CT molecular complexity index is 467. The molecule has 1 aromatic heterocycles. The van der Waals surface area contributed by atoms with Crippen molar-refractivity contribution in [2.24, 2.45) is 0 Å². The number of amides is 2. The molecule has 0 aromatic carbocycles. The Morgan fingerprint density at radius 3 is 2.67 bits per heavy atom. The van der Waals surface area contributed by atoms with E-state index in [0.29, 0.717) is 12.5 Å². The van der Waals surface area contributed by atoms with Crippen molar-refractivity contribution in [3.8, 4) is 0 Å². The summed E-state index contributed by atoms with van der Waals surface area (Å²) in [5.74, 6) is 0.0237. The first-order valence-corrected chi connectivity index (χ1v) is 8.52. The Morgan fingerprint density at radius 2 is 2.10 bits per heavy atom. The average molecular weight is 308 g/mol. The van der Waals surface area contributed by atoms with E-state index in [1.165, 1.54) is 26.2 Å². The minimum Gasteiger partial charge on any atom is -0.348 e. The first-order chi connectivity index (χ1) is 10.1. The van der Waals surface area contributed by atoms with E-state index in [0.717, 1.165) is 17.7 Å². The van der Waals surface area contributed by atoms with Gasteiger partial charge in [-0.15, -0.1) is 11.3 Å². The van der Waals surface area contributed by atoms with Crippen molar-refractivity contribution in [2.45, 2.75) is 57.5 Å². The zero-order valence-electron chi connectivity index (χ0n) is 12.8. The number of nitrogens with zero attached hydrogens (tertiary/aromatic N) is 1. The van der Waals surface area contributed by atoms with Crippen LogP contribution in [0.15, 0.2) is 17.5 Å². The number of thiophene rings is 1. The van der Waals surface area contributed by atoms with Gasteiger partial charge in [-0.1, -0.05) is 25.3 Å². The van der Waals surface area contributed by atoms with Gasteiger partial charge in [-0.3, -0.25) is 9.59 Å². The van der Waals surface area contributed by atoms with Gasteiger partial charge in [0.15, 0.2) is 0 Å². The van der Waals surface area contributed by atoms with Gasteiger partial charge in [0.1, 0.15) is 0 Å². The van der Waals surface area contributed by atoms with E-state index in [2.05, 4.69) is 5.32 Å². The molecule has 0 spiro atoms. The van der Waals surface area contributed by atoms with Gasteiger partial charge in [0.2, 0.25) is 11.8 Å². The molecule has 2 rings (SSSR count). The normalized spacial score (nSPS) is 17.2. The second-order valence-corrected chi connectivity index (χ2v) is 6.75. The van der Waals surface area contributed by atoms with E-state index >= 15 is 0 Å². The van der Waals surface area contributed by atoms with Crippen molar-refractivity contribution in [3.63, 3.8) is 0 Å². The van der Waals surface area contributed by atoms with E-state index in [9.17, 15) is 9.59 Å². The lowest BCUT2D eigenvalue weighted by Crippen LogP contribution is -2.40. The van der Waals surface area contributed by atoms with Gasteiger partial charge in [0.25, 0.3) is 0 Å². The van der Waals surface area contributed by atoms with Crippen LogP contribution in [0, 0.1) is 0 Å². The predicted molar refractivity (Wildman–Crippen MR) is 85.1 cm³/mol. The number of hydrogen-bond acceptors (Lipinski definition) is 3. The molecule has 0 saturated heterocycles. The van der Waals surface area contributed by atoms with Crippen LogP contribution in [0.1, 0.15) is 56.4 Å². The van der Waals surface area contributed by atoms with Crippen molar-refractivity contribution in [1.82, 2.24) is 10.2 Å². The summed E-state index contributed by atoms with van der Waals surface area (Å²) in [4.78, 5) is 26.8. The summed E-state index contributed by atoms with van der Waals surface area (Å²) < 4.78 is 0. The SMILES string of the molecule is CC(=O)N[C@H](CC(=O)N(C)C1CCCCC1)c1cccs1. The van der Waals surface area contributed by atoms with Crippen LogP contribution in [0.5, 0.6) is 0 Å². The lowest BCUT2D eigenvalue weighted by Gasteiger charge is -2.32. The third-order valence-corrected chi connectivity index (χ3v) is 5.14. The molecule has 1 N–H and O–H groups in total. The Kier molecular flexibility index (Phi) is 5.79. The summed E-state index contributed by atoms with van der Waals surface area (Å²) in [5, 5.41) is 4.87. The van der Waals surface area contributed by atoms with Gasteiger partial charge in [-0.2, -0.15) is 0 Å². The molecule has 2 amide bonds. The van der Waals surface area contributed by atoms with Gasteiger partial charge < -0.3 is 10.2 Å². The summed E-state index contributed by atoms with van der Waals surface area (Å²) in [5.41, 5.74) is 0. The van der Waals surface area contributed by atoms with E-state index in [1.54, 1.807) is 11.3 Å². The smallest absolute Gasteiger partial charge is 0.225 e. The van der Waals surface area contributed by atoms with E-state index < -0.39 is 0 Å². The molecule has 1 atom stereocenters. The zero-order valence-corrected chi connectivity index (χ0v) is 13.6. The maximum absolute atomic E-state index is 12.5. The Balaban J connectivity index is 1.98. The van der Waals surface area contributed by atoms with Crippen LogP contribution in [-0.4, -0.2) is 29.8 Å². The molecule has 5 heteroatoms. The summed E-state index contributed by atoms with van der Waals surface area (Å²) in [7, 11) is 1.90. The minimum atomic E-state index is -0.207. The fourth-order valence-electron chi connectivity index (χ4n) is 2.95. The summed E-state index contributed by atoms with van der Waals surface area (Å²) in [6.07, 6.45) is 6.25. The van der Waals surface area contributed by atoms with E-state index in [-0.39, 0.29) is 17.9 Å². The number of hydrogen-bond donors (Lipinski definition) is 1. The van der Waals surface area contributed by atoms with Crippen LogP contribution in [0.3, 0.4) is 0 Å². The summed E-state index contributed by atoms with van der Waals surface area (Å²) in [6.45, 7) is 1.50. The van der Waals surface area contributed by atoms with Gasteiger partial charge in [0, 0.05) is 24.9 Å². The molecule has 116 valence electrons. The maximum atomic E-state index is 12.5. The highest BCUT2D eigenvalue weighted by Gasteiger charge is 2.25. The highest BCUT2D eigenvalue weighted by atomic mass is 32.1. The Hall–Kier alpha value is -1.36. The molecule has 1 heterocycles. The van der Waals surface area contributed by atoms with Gasteiger partial charge in [-0.25, -0.2) is 0 Å². The summed E-state index contributed by atoms with van der Waals surface area (Å²) in [6, 6.07) is 4.08. The van der Waals surface area contributed by atoms with E-state index in [1.807, 2.05) is 29.5 Å². The van der Waals surface area contributed by atoms with Crippen molar-refractivity contribution in [2.75, 3.05) is 7.05 Å². The van der Waals surface area contributed by atoms with Crippen LogP contribution in [0.4, 0.5) is 0 Å². The minimum absolute atomic E-state index is 0.0958. The van der Waals surface area contributed by atoms with Crippen LogP contribution < -0.4 is 5.32 Å². The lowest BCUT2D eigenvalue weighted by molar-refractivity contribution is -0.133. The largest absolute Gasteiger partial charge is 0.348 e. The highest BCUT2D eigenvalue weighted by molar-refractivity contribution is 7.10. The molecule has 1 aliphatic rings. The molecule has 1 fully saturated rings. The van der Waals surface area contributed by atoms with Crippen molar-refractivity contribution in [3.05, 3.63) is 22.4 Å². The van der Waals surface area contributed by atoms with E-state index in [4.69, 9.17) is 0 Å². The number of carbonyl (C=O) groups is 2. The third kappa shape index (κ3) is 4.56. The van der Waals surface area contributed by atoms with Crippen LogP contribution >= 0.6 is 11.3 Å². The first-order valence-electron chi connectivity index (χ1n) is 7.64. The second-order valence-electron chi connectivity index (χ2n) is 5.77. The molecule has 1 aliphatic carbocycles. The molecule has 4 nitrogen and oxygen atoms in total. The number of rotatable bonds is 5. The lowest BCUT2D eigenvalue weighted by atomic mass is 9.94. The molecule has 0 radical (unpaired) electrons. The summed E-state index contributed by atoms with van der Waals surface area (Å²) >= 11 is 1.58. The molecule has 1 saturated carbocycles. The van der Waals surface area contributed by atoms with Gasteiger partial charge >= 0.3 is 0 Å². The first kappa shape index (κ1) is 16.0. The molecular formula is C16H24N2O2S. The van der Waals surface area contributed by atoms with Gasteiger partial charge in [0.05, 0.1) is 12.5 Å². The molecular weight excluding hydrogens is 284 g/mol. The molecule has 1 aromatic rings. The standard InChI is InChI=1S/C16H24N2O2S/c1-12(19)17-14(15-9-6-10-21-15)11-16(20)18(2)13-7-4-3-5-8-13/h6,9-10,13-14H,3-5,7-8,11H2,1-2H3,(H,17,19)/t14-/m1/s1. The Labute approximate surface area is 130 Å². The third-order valence-electron chi connectivity index (χ3n) is 4.16. The van der Waals surface area contributed by atoms with Crippen molar-refractivity contribution >= 4 is 23.2 Å². The predicted octanol–water partition coefficient (Wildman–Crippen LogP) is 3.11. The fraction of sp³-hybridized carbons (Fsp3) is 0.625. The van der Waals surface area contributed by atoms with Crippen LogP contribution in [0.25, 0.3) is 0 Å². The number of nitrogens with one attached hydrogen (secondary N) is 1. The fourth-order valence-corrected chi connectivity index (χ4v) is 3.73. The number of carbonyl (C=O) groups excluding carboxylic acids is 2. The average Bonchev–Trinajstić information content (AvgIpc) is 3.00. The molecule has 0 aliphatic heterocycles. The quantitative estimate of drug-likeness (QED) is 0.908. The maximum Gasteiger partial charge on any atom is 0.225 e. The zero-order chi connectivity index (χ0) is 15.2. The molecule has 0 bridgehead atoms. The van der Waals surface area contributed by atoms with Crippen LogP contribution in [0.2, 0.25) is 0 Å². The monoisotopic (exact) mass is 308 g/mol.